The van der Waals surface area contributed by atoms with Crippen LogP contribution in [0.4, 0.5) is 5.69 Å². The molecule has 0 bridgehead atoms. The molecule has 3 rings (SSSR count). The number of benzene rings is 2. The summed E-state index contributed by atoms with van der Waals surface area (Å²) in [6.07, 6.45) is 3.99. The molecule has 2 aromatic carbocycles. The molecular weight excluding hydrogens is 386 g/mol. The van der Waals surface area contributed by atoms with Crippen LogP contribution < -0.4 is 9.64 Å². The highest BCUT2D eigenvalue weighted by atomic mass is 35.5. The monoisotopic (exact) mass is 403 g/mol. The molecule has 1 heterocycles. The Morgan fingerprint density at radius 2 is 2.00 bits per heavy atom. The van der Waals surface area contributed by atoms with E-state index < -0.39 is 0 Å². The number of carbonyl (C=O) groups is 1. The van der Waals surface area contributed by atoms with Crippen molar-refractivity contribution in [2.45, 2.75) is 19.8 Å². The number of unbranched alkanes of at least 4 members (excludes halogenated alkanes) is 1. The zero-order valence-electron chi connectivity index (χ0n) is 14.3. The fourth-order valence-corrected chi connectivity index (χ4v) is 3.94. The quantitative estimate of drug-likeness (QED) is 0.340. The molecule has 1 aliphatic rings. The van der Waals surface area contributed by atoms with Gasteiger partial charge in [0, 0.05) is 5.02 Å². The maximum absolute atomic E-state index is 12.8. The molecule has 3 nitrogen and oxygen atoms in total. The lowest BCUT2D eigenvalue weighted by atomic mass is 10.2. The molecule has 1 amide bonds. The number of hydrogen-bond donors (Lipinski definition) is 0. The van der Waals surface area contributed by atoms with Crippen LogP contribution in [-0.4, -0.2) is 16.8 Å². The topological polar surface area (TPSA) is 29.5 Å². The molecule has 0 spiro atoms. The maximum atomic E-state index is 12.8. The van der Waals surface area contributed by atoms with Crippen molar-refractivity contribution in [2.75, 3.05) is 11.5 Å². The average Bonchev–Trinajstić information content (AvgIpc) is 2.90. The first kappa shape index (κ1) is 19.0. The van der Waals surface area contributed by atoms with E-state index in [2.05, 4.69) is 6.92 Å². The van der Waals surface area contributed by atoms with Gasteiger partial charge in [0.25, 0.3) is 5.91 Å². The summed E-state index contributed by atoms with van der Waals surface area (Å²) in [5.41, 5.74) is 1.61. The molecule has 0 unspecified atom stereocenters. The van der Waals surface area contributed by atoms with Crippen LogP contribution in [0, 0.1) is 0 Å². The largest absolute Gasteiger partial charge is 0.494 e. The summed E-state index contributed by atoms with van der Waals surface area (Å²) >= 11 is 12.7. The van der Waals surface area contributed by atoms with Crippen LogP contribution in [0.15, 0.2) is 53.4 Å². The number of rotatable bonds is 6. The van der Waals surface area contributed by atoms with Gasteiger partial charge in [-0.1, -0.05) is 67.1 Å². The van der Waals surface area contributed by atoms with E-state index in [0.29, 0.717) is 26.5 Å². The van der Waals surface area contributed by atoms with Crippen molar-refractivity contribution in [3.05, 3.63) is 64.0 Å². The predicted octanol–water partition coefficient (Wildman–Crippen LogP) is 5.92. The zero-order chi connectivity index (χ0) is 18.5. The van der Waals surface area contributed by atoms with E-state index in [1.54, 1.807) is 18.2 Å². The van der Waals surface area contributed by atoms with Crippen molar-refractivity contribution < 1.29 is 9.53 Å². The predicted molar refractivity (Wildman–Crippen MR) is 114 cm³/mol. The lowest BCUT2D eigenvalue weighted by Gasteiger charge is -2.14. The van der Waals surface area contributed by atoms with Crippen LogP contribution in [0.1, 0.15) is 25.3 Å². The van der Waals surface area contributed by atoms with Crippen molar-refractivity contribution in [3.63, 3.8) is 0 Å². The second kappa shape index (κ2) is 8.71. The Labute approximate surface area is 168 Å². The van der Waals surface area contributed by atoms with Gasteiger partial charge >= 0.3 is 0 Å². The van der Waals surface area contributed by atoms with Gasteiger partial charge in [0.05, 0.1) is 17.2 Å². The summed E-state index contributed by atoms with van der Waals surface area (Å²) in [7, 11) is 0. The second-order valence-corrected chi connectivity index (χ2v) is 7.88. The van der Waals surface area contributed by atoms with E-state index in [9.17, 15) is 4.79 Å². The summed E-state index contributed by atoms with van der Waals surface area (Å²) in [5.74, 6) is 0.701. The molecule has 1 fully saturated rings. The molecule has 1 saturated heterocycles. The first-order chi connectivity index (χ1) is 12.6. The fourth-order valence-electron chi connectivity index (χ4n) is 2.45. The second-order valence-electron chi connectivity index (χ2n) is 5.77. The summed E-state index contributed by atoms with van der Waals surface area (Å²) in [6, 6.07) is 14.8. The van der Waals surface area contributed by atoms with E-state index >= 15 is 0 Å². The van der Waals surface area contributed by atoms with Crippen molar-refractivity contribution >= 4 is 57.6 Å². The van der Waals surface area contributed by atoms with Crippen molar-refractivity contribution in [3.8, 4) is 5.75 Å². The van der Waals surface area contributed by atoms with Crippen LogP contribution in [0.5, 0.6) is 5.75 Å². The molecular formula is C20H18ClNO2S2. The van der Waals surface area contributed by atoms with E-state index in [-0.39, 0.29) is 5.91 Å². The number of hydrogen-bond acceptors (Lipinski definition) is 4. The Morgan fingerprint density at radius 3 is 2.69 bits per heavy atom. The SMILES string of the molecule is CCCCOc1ccc(/C=C2/SC(=S)N(c3cccc(Cl)c3)C2=O)cc1. The maximum Gasteiger partial charge on any atom is 0.270 e. The molecule has 134 valence electrons. The Bertz CT molecular complexity index is 849. The van der Waals surface area contributed by atoms with E-state index in [0.717, 1.165) is 24.2 Å². The summed E-state index contributed by atoms with van der Waals surface area (Å²) in [4.78, 5) is 14.9. The lowest BCUT2D eigenvalue weighted by molar-refractivity contribution is -0.113. The number of thioether (sulfide) groups is 1. The van der Waals surface area contributed by atoms with Gasteiger partial charge in [-0.15, -0.1) is 0 Å². The van der Waals surface area contributed by atoms with Crippen molar-refractivity contribution in [2.24, 2.45) is 0 Å². The van der Waals surface area contributed by atoms with Gasteiger partial charge in [0.15, 0.2) is 4.32 Å². The fraction of sp³-hybridized carbons (Fsp3) is 0.200. The van der Waals surface area contributed by atoms with Gasteiger partial charge in [-0.05, 0) is 48.4 Å². The molecule has 0 radical (unpaired) electrons. The van der Waals surface area contributed by atoms with Gasteiger partial charge in [0.2, 0.25) is 0 Å². The number of ether oxygens (including phenoxy) is 1. The van der Waals surface area contributed by atoms with Crippen LogP contribution in [0.25, 0.3) is 6.08 Å². The minimum absolute atomic E-state index is 0.134. The summed E-state index contributed by atoms with van der Waals surface area (Å²) in [5, 5.41) is 0.569. The average molecular weight is 404 g/mol. The molecule has 0 N–H and O–H groups in total. The van der Waals surface area contributed by atoms with Crippen molar-refractivity contribution in [1.82, 2.24) is 0 Å². The molecule has 0 aromatic heterocycles. The van der Waals surface area contributed by atoms with Crippen LogP contribution in [0.2, 0.25) is 5.02 Å². The van der Waals surface area contributed by atoms with Gasteiger partial charge in [-0.3, -0.25) is 9.69 Å². The third-order valence-electron chi connectivity index (χ3n) is 3.80. The summed E-state index contributed by atoms with van der Waals surface area (Å²) in [6.45, 7) is 2.85. The Hall–Kier alpha value is -1.82. The highest BCUT2D eigenvalue weighted by Gasteiger charge is 2.33. The Kier molecular flexibility index (Phi) is 6.35. The normalized spacial score (nSPS) is 15.8. The van der Waals surface area contributed by atoms with Gasteiger partial charge in [0.1, 0.15) is 5.75 Å². The minimum Gasteiger partial charge on any atom is -0.494 e. The molecule has 1 aliphatic heterocycles. The number of carbonyl (C=O) groups excluding carboxylic acids is 1. The van der Waals surface area contributed by atoms with Crippen LogP contribution in [-0.2, 0) is 4.79 Å². The standard InChI is InChI=1S/C20H18ClNO2S2/c1-2-3-11-24-17-9-7-14(8-10-17)12-18-19(23)22(20(25)26-18)16-6-4-5-15(21)13-16/h4-10,12-13H,2-3,11H2,1H3/b18-12+. The Morgan fingerprint density at radius 1 is 1.23 bits per heavy atom. The van der Waals surface area contributed by atoms with Crippen LogP contribution >= 0.6 is 35.6 Å². The number of anilines is 1. The highest BCUT2D eigenvalue weighted by Crippen LogP contribution is 2.36. The first-order valence-electron chi connectivity index (χ1n) is 8.35. The van der Waals surface area contributed by atoms with E-state index in [1.165, 1.54) is 16.7 Å². The highest BCUT2D eigenvalue weighted by molar-refractivity contribution is 8.27. The third-order valence-corrected chi connectivity index (χ3v) is 5.34. The van der Waals surface area contributed by atoms with Gasteiger partial charge < -0.3 is 4.74 Å². The number of amides is 1. The van der Waals surface area contributed by atoms with E-state index in [1.807, 2.05) is 36.4 Å². The number of nitrogens with zero attached hydrogens (tertiary/aromatic N) is 1. The third kappa shape index (κ3) is 4.47. The molecule has 0 saturated carbocycles. The zero-order valence-corrected chi connectivity index (χ0v) is 16.7. The number of halogens is 1. The Balaban J connectivity index is 1.75. The van der Waals surface area contributed by atoms with Crippen LogP contribution in [0.3, 0.4) is 0 Å². The smallest absolute Gasteiger partial charge is 0.270 e. The summed E-state index contributed by atoms with van der Waals surface area (Å²) < 4.78 is 6.16. The van der Waals surface area contributed by atoms with Gasteiger partial charge in [-0.2, -0.15) is 0 Å². The van der Waals surface area contributed by atoms with E-state index in [4.69, 9.17) is 28.6 Å². The van der Waals surface area contributed by atoms with Gasteiger partial charge in [-0.25, -0.2) is 0 Å². The molecule has 2 aromatic rings. The molecule has 0 atom stereocenters. The van der Waals surface area contributed by atoms with Crippen molar-refractivity contribution in [1.29, 1.82) is 0 Å². The molecule has 26 heavy (non-hydrogen) atoms. The minimum atomic E-state index is -0.134. The molecule has 0 aliphatic carbocycles. The molecule has 6 heteroatoms. The first-order valence-corrected chi connectivity index (χ1v) is 9.95. The number of thiocarbonyl (C=S) groups is 1. The lowest BCUT2D eigenvalue weighted by Crippen LogP contribution is -2.27.